The largest absolute Gasteiger partial charge is 0.383 e. The van der Waals surface area contributed by atoms with Gasteiger partial charge in [-0.25, -0.2) is 9.18 Å². The predicted molar refractivity (Wildman–Crippen MR) is 100 cm³/mol. The van der Waals surface area contributed by atoms with Crippen LogP contribution < -0.4 is 21.9 Å². The molecule has 2 rings (SSSR count). The Bertz CT molecular complexity index is 922. The fourth-order valence-electron chi connectivity index (χ4n) is 2.74. The zero-order chi connectivity index (χ0) is 20.0. The van der Waals surface area contributed by atoms with Crippen molar-refractivity contribution in [2.45, 2.75) is 26.3 Å². The molecule has 0 aliphatic carbocycles. The monoisotopic (exact) mass is 378 g/mol. The Morgan fingerprint density at radius 1 is 1.37 bits per heavy atom. The van der Waals surface area contributed by atoms with Crippen LogP contribution in [0.15, 0.2) is 33.9 Å². The van der Waals surface area contributed by atoms with Crippen LogP contribution in [0.5, 0.6) is 0 Å². The van der Waals surface area contributed by atoms with E-state index in [2.05, 4.69) is 4.98 Å². The van der Waals surface area contributed by atoms with Crippen LogP contribution in [0.4, 0.5) is 15.9 Å². The lowest BCUT2D eigenvalue weighted by molar-refractivity contribution is -0.118. The maximum atomic E-state index is 13.4. The Kier molecular flexibility index (Phi) is 6.89. The minimum Gasteiger partial charge on any atom is -0.383 e. The van der Waals surface area contributed by atoms with Gasteiger partial charge >= 0.3 is 5.69 Å². The van der Waals surface area contributed by atoms with Gasteiger partial charge in [-0.1, -0.05) is 19.1 Å². The van der Waals surface area contributed by atoms with E-state index in [1.165, 1.54) is 34.8 Å². The highest BCUT2D eigenvalue weighted by molar-refractivity contribution is 5.96. The normalized spacial score (nSPS) is 10.8. The van der Waals surface area contributed by atoms with Crippen molar-refractivity contribution in [3.8, 4) is 0 Å². The first-order valence-corrected chi connectivity index (χ1v) is 8.55. The molecule has 0 aliphatic rings. The average Bonchev–Trinajstić information content (AvgIpc) is 2.61. The number of halogens is 1. The smallest absolute Gasteiger partial charge is 0.330 e. The van der Waals surface area contributed by atoms with Crippen molar-refractivity contribution in [2.75, 3.05) is 30.9 Å². The molecule has 1 heterocycles. The van der Waals surface area contributed by atoms with Gasteiger partial charge in [-0.05, 0) is 24.1 Å². The molecule has 0 saturated heterocycles. The van der Waals surface area contributed by atoms with Gasteiger partial charge in [0.05, 0.1) is 13.0 Å². The van der Waals surface area contributed by atoms with Crippen molar-refractivity contribution in [1.82, 2.24) is 9.55 Å². The second-order valence-electron chi connectivity index (χ2n) is 5.99. The van der Waals surface area contributed by atoms with Gasteiger partial charge in [0.2, 0.25) is 5.91 Å². The topological polar surface area (TPSA) is 110 Å². The molecule has 27 heavy (non-hydrogen) atoms. The lowest BCUT2D eigenvalue weighted by Crippen LogP contribution is -2.43. The van der Waals surface area contributed by atoms with Crippen LogP contribution in [-0.2, 0) is 22.5 Å². The number of aromatic nitrogens is 2. The van der Waals surface area contributed by atoms with Gasteiger partial charge in [-0.3, -0.25) is 19.1 Å². The number of benzene rings is 1. The Morgan fingerprint density at radius 2 is 2.11 bits per heavy atom. The summed E-state index contributed by atoms with van der Waals surface area (Å²) in [5, 5.41) is 0. The molecule has 9 heteroatoms. The molecule has 0 atom stereocenters. The minimum absolute atomic E-state index is 0.0578. The third kappa shape index (κ3) is 4.82. The number of rotatable bonds is 8. The summed E-state index contributed by atoms with van der Waals surface area (Å²) < 4.78 is 19.6. The van der Waals surface area contributed by atoms with E-state index in [0.29, 0.717) is 18.5 Å². The van der Waals surface area contributed by atoms with Crippen LogP contribution in [0.3, 0.4) is 0 Å². The molecule has 1 aromatic carbocycles. The first kappa shape index (κ1) is 20.4. The minimum atomic E-state index is -0.756. The van der Waals surface area contributed by atoms with Crippen LogP contribution >= 0.6 is 0 Å². The first-order valence-electron chi connectivity index (χ1n) is 8.55. The number of hydrogen-bond acceptors (Lipinski definition) is 5. The van der Waals surface area contributed by atoms with Gasteiger partial charge in [0.1, 0.15) is 11.6 Å². The molecule has 0 radical (unpaired) electrons. The molecule has 0 aliphatic heterocycles. The molecular formula is C18H23FN4O4. The van der Waals surface area contributed by atoms with E-state index in [0.717, 1.165) is 0 Å². The van der Waals surface area contributed by atoms with Crippen molar-refractivity contribution >= 4 is 17.4 Å². The number of nitrogens with zero attached hydrogens (tertiary/aromatic N) is 2. The Hall–Kier alpha value is -2.94. The number of carbonyl (C=O) groups excluding carboxylic acids is 1. The number of ether oxygens (including phenoxy) is 1. The fraction of sp³-hybridized carbons (Fsp3) is 0.389. The van der Waals surface area contributed by atoms with E-state index in [1.54, 1.807) is 6.07 Å². The molecular weight excluding hydrogens is 355 g/mol. The van der Waals surface area contributed by atoms with E-state index >= 15 is 0 Å². The van der Waals surface area contributed by atoms with Gasteiger partial charge in [-0.15, -0.1) is 0 Å². The van der Waals surface area contributed by atoms with E-state index in [1.807, 2.05) is 6.92 Å². The summed E-state index contributed by atoms with van der Waals surface area (Å²) in [6, 6.07) is 5.64. The molecule has 0 fully saturated rings. The third-order valence-electron chi connectivity index (χ3n) is 4.00. The first-order chi connectivity index (χ1) is 12.9. The second kappa shape index (κ2) is 9.13. The van der Waals surface area contributed by atoms with Crippen LogP contribution in [0.25, 0.3) is 0 Å². The second-order valence-corrected chi connectivity index (χ2v) is 5.99. The summed E-state index contributed by atoms with van der Waals surface area (Å²) in [4.78, 5) is 40.6. The van der Waals surface area contributed by atoms with Crippen molar-refractivity contribution in [1.29, 1.82) is 0 Å². The lowest BCUT2D eigenvalue weighted by atomic mass is 10.1. The Labute approximate surface area is 155 Å². The van der Waals surface area contributed by atoms with Crippen LogP contribution in [-0.4, -0.2) is 35.7 Å². The highest BCUT2D eigenvalue weighted by atomic mass is 19.1. The number of aromatic amines is 1. The zero-order valence-electron chi connectivity index (χ0n) is 15.3. The number of hydrogen-bond donors (Lipinski definition) is 2. The third-order valence-corrected chi connectivity index (χ3v) is 4.00. The van der Waals surface area contributed by atoms with Crippen LogP contribution in [0, 0.1) is 5.82 Å². The van der Waals surface area contributed by atoms with Crippen LogP contribution in [0.2, 0.25) is 0 Å². The van der Waals surface area contributed by atoms with Crippen LogP contribution in [0.1, 0.15) is 18.9 Å². The molecule has 3 N–H and O–H groups in total. The zero-order valence-corrected chi connectivity index (χ0v) is 15.3. The predicted octanol–water partition coefficient (Wildman–Crippen LogP) is 0.890. The van der Waals surface area contributed by atoms with Gasteiger partial charge in [0.25, 0.3) is 5.56 Å². The Morgan fingerprint density at radius 3 is 2.74 bits per heavy atom. The van der Waals surface area contributed by atoms with E-state index < -0.39 is 23.0 Å². The van der Waals surface area contributed by atoms with E-state index in [9.17, 15) is 18.8 Å². The number of methoxy groups -OCH3 is 1. The van der Waals surface area contributed by atoms with Crippen molar-refractivity contribution in [3.05, 3.63) is 56.5 Å². The van der Waals surface area contributed by atoms with Gasteiger partial charge in [0.15, 0.2) is 5.69 Å². The van der Waals surface area contributed by atoms with Crippen molar-refractivity contribution < 1.29 is 13.9 Å². The van der Waals surface area contributed by atoms with E-state index in [4.69, 9.17) is 10.5 Å². The lowest BCUT2D eigenvalue weighted by Gasteiger charge is -2.24. The summed E-state index contributed by atoms with van der Waals surface area (Å²) in [7, 11) is 1.46. The number of carbonyl (C=O) groups is 1. The summed E-state index contributed by atoms with van der Waals surface area (Å²) in [5.41, 5.74) is 5.01. The standard InChI is InChI=1S/C18H23FN4O4/c1-3-7-23-16(20)15(17(25)21-18(23)26)22(8-9-27-2)14(24)11-12-5-4-6-13(19)10-12/h4-6,10H,3,7-9,11,20H2,1-2H3,(H,21,25,26). The number of nitrogens with two attached hydrogens (primary N) is 1. The summed E-state index contributed by atoms with van der Waals surface area (Å²) in [6.45, 7) is 2.36. The number of nitrogen functional groups attached to an aromatic ring is 1. The summed E-state index contributed by atoms with van der Waals surface area (Å²) >= 11 is 0. The number of H-pyrrole nitrogens is 1. The van der Waals surface area contributed by atoms with Gasteiger partial charge in [0, 0.05) is 20.2 Å². The molecule has 0 saturated carbocycles. The number of nitrogens with one attached hydrogen (secondary N) is 1. The molecule has 0 unspecified atom stereocenters. The molecule has 2 aromatic rings. The SMILES string of the molecule is CCCn1c(N)c(N(CCOC)C(=O)Cc2cccc(F)c2)c(=O)[nH]c1=O. The highest BCUT2D eigenvalue weighted by Crippen LogP contribution is 2.18. The molecule has 1 aromatic heterocycles. The fourth-order valence-corrected chi connectivity index (χ4v) is 2.74. The van der Waals surface area contributed by atoms with Gasteiger partial charge < -0.3 is 15.4 Å². The van der Waals surface area contributed by atoms with E-state index in [-0.39, 0.29) is 31.1 Å². The van der Waals surface area contributed by atoms with Crippen molar-refractivity contribution in [2.24, 2.45) is 0 Å². The Balaban J connectivity index is 2.47. The summed E-state index contributed by atoms with van der Waals surface area (Å²) in [5.74, 6) is -1.01. The summed E-state index contributed by atoms with van der Waals surface area (Å²) in [6.07, 6.45) is 0.484. The maximum absolute atomic E-state index is 13.4. The maximum Gasteiger partial charge on any atom is 0.330 e. The molecule has 8 nitrogen and oxygen atoms in total. The molecule has 146 valence electrons. The molecule has 0 bridgehead atoms. The van der Waals surface area contributed by atoms with Gasteiger partial charge in [-0.2, -0.15) is 0 Å². The number of amides is 1. The molecule has 0 spiro atoms. The number of anilines is 2. The average molecular weight is 378 g/mol. The van der Waals surface area contributed by atoms with Crippen molar-refractivity contribution in [3.63, 3.8) is 0 Å². The quantitative estimate of drug-likeness (QED) is 0.709. The highest BCUT2D eigenvalue weighted by Gasteiger charge is 2.24. The molecule has 1 amide bonds.